The highest BCUT2D eigenvalue weighted by Gasteiger charge is 2.40. The van der Waals surface area contributed by atoms with E-state index in [4.69, 9.17) is 4.74 Å². The molecule has 6 heteroatoms. The van der Waals surface area contributed by atoms with Crippen molar-refractivity contribution in [3.05, 3.63) is 95.4 Å². The van der Waals surface area contributed by atoms with Crippen LogP contribution in [0.15, 0.2) is 78.5 Å². The van der Waals surface area contributed by atoms with E-state index >= 15 is 0 Å². The maximum atomic E-state index is 13.4. The Balaban J connectivity index is 1.76. The lowest BCUT2D eigenvalue weighted by atomic mass is 10.0. The molecule has 0 bridgehead atoms. The summed E-state index contributed by atoms with van der Waals surface area (Å²) in [6.45, 7) is 5.79. The van der Waals surface area contributed by atoms with Crippen LogP contribution >= 0.6 is 0 Å². The monoisotopic (exact) mass is 430 g/mol. The molecule has 1 aliphatic heterocycles. The Kier molecular flexibility index (Phi) is 5.77. The van der Waals surface area contributed by atoms with Gasteiger partial charge in [0.15, 0.2) is 0 Å². The molecule has 0 unspecified atom stereocenters. The van der Waals surface area contributed by atoms with Gasteiger partial charge in [0.1, 0.15) is 17.3 Å². The summed E-state index contributed by atoms with van der Waals surface area (Å²) in [6.07, 6.45) is 0.0162. The fourth-order valence-electron chi connectivity index (χ4n) is 3.49. The summed E-state index contributed by atoms with van der Waals surface area (Å²) in [7, 11) is 0. The van der Waals surface area contributed by atoms with Gasteiger partial charge in [-0.3, -0.25) is 9.59 Å². The molecule has 4 rings (SSSR count). The molecule has 162 valence electrons. The van der Waals surface area contributed by atoms with Crippen LogP contribution in [0, 0.1) is 12.7 Å². The van der Waals surface area contributed by atoms with E-state index in [1.165, 1.54) is 24.3 Å². The van der Waals surface area contributed by atoms with Crippen molar-refractivity contribution < 1.29 is 18.7 Å². The summed E-state index contributed by atoms with van der Waals surface area (Å²) in [6, 6.07) is 19.8. The fraction of sp³-hybridized carbons (Fsp3) is 0.154. The smallest absolute Gasteiger partial charge is 0.282 e. The molecular formula is C26H23FN2O3. The zero-order valence-corrected chi connectivity index (χ0v) is 18.1. The van der Waals surface area contributed by atoms with E-state index in [0.29, 0.717) is 22.7 Å². The normalized spacial score (nSPS) is 13.8. The number of halogens is 1. The number of aryl methyl sites for hydroxylation is 1. The number of amides is 2. The van der Waals surface area contributed by atoms with Crippen LogP contribution in [0.2, 0.25) is 0 Å². The Labute approximate surface area is 186 Å². The molecule has 0 saturated heterocycles. The summed E-state index contributed by atoms with van der Waals surface area (Å²) in [5.74, 6) is -0.619. The van der Waals surface area contributed by atoms with Gasteiger partial charge < -0.3 is 10.1 Å². The predicted octanol–water partition coefficient (Wildman–Crippen LogP) is 5.32. The number of hydrogen-bond donors (Lipinski definition) is 1. The van der Waals surface area contributed by atoms with Crippen molar-refractivity contribution in [2.24, 2.45) is 0 Å². The van der Waals surface area contributed by atoms with Crippen molar-refractivity contribution in [3.8, 4) is 5.75 Å². The van der Waals surface area contributed by atoms with Gasteiger partial charge in [-0.15, -0.1) is 0 Å². The number of carbonyl (C=O) groups is 2. The molecule has 0 saturated carbocycles. The van der Waals surface area contributed by atoms with Crippen LogP contribution in [0.1, 0.15) is 25.0 Å². The number of anilines is 2. The number of imide groups is 1. The van der Waals surface area contributed by atoms with Gasteiger partial charge >= 0.3 is 0 Å². The Hall–Kier alpha value is -3.93. The minimum atomic E-state index is -0.472. The van der Waals surface area contributed by atoms with Crippen LogP contribution in [0.25, 0.3) is 5.57 Å². The quantitative estimate of drug-likeness (QED) is 0.538. The first kappa shape index (κ1) is 21.3. The van der Waals surface area contributed by atoms with E-state index in [0.717, 1.165) is 10.5 Å². The zero-order valence-electron chi connectivity index (χ0n) is 18.1. The molecule has 2 amide bonds. The van der Waals surface area contributed by atoms with Gasteiger partial charge in [0.2, 0.25) is 0 Å². The molecule has 0 fully saturated rings. The van der Waals surface area contributed by atoms with Crippen LogP contribution in [-0.2, 0) is 9.59 Å². The molecule has 0 atom stereocenters. The van der Waals surface area contributed by atoms with Crippen molar-refractivity contribution in [1.82, 2.24) is 0 Å². The standard InChI is InChI=1S/C26H23FN2O3/c1-16(2)32-22-14-6-18(7-15-22)23-24(28-20-10-8-19(27)9-11-20)26(31)29(25(23)30)21-12-4-17(3)5-13-21/h4-16,28H,1-3H3. The first-order chi connectivity index (χ1) is 15.3. The molecule has 1 heterocycles. The number of nitrogens with zero attached hydrogens (tertiary/aromatic N) is 1. The second-order valence-corrected chi connectivity index (χ2v) is 7.85. The number of carbonyl (C=O) groups excluding carboxylic acids is 2. The van der Waals surface area contributed by atoms with Crippen molar-refractivity contribution >= 4 is 28.8 Å². The molecule has 5 nitrogen and oxygen atoms in total. The molecule has 3 aromatic rings. The lowest BCUT2D eigenvalue weighted by Crippen LogP contribution is -2.32. The highest BCUT2D eigenvalue weighted by molar-refractivity contribution is 6.46. The van der Waals surface area contributed by atoms with Gasteiger partial charge in [-0.1, -0.05) is 29.8 Å². The maximum absolute atomic E-state index is 13.4. The molecule has 0 aromatic heterocycles. The maximum Gasteiger partial charge on any atom is 0.282 e. The lowest BCUT2D eigenvalue weighted by Gasteiger charge is -2.15. The number of hydrogen-bond acceptors (Lipinski definition) is 4. The van der Waals surface area contributed by atoms with Crippen LogP contribution in [0.5, 0.6) is 5.75 Å². The number of nitrogens with one attached hydrogen (secondary N) is 1. The first-order valence-electron chi connectivity index (χ1n) is 10.3. The Morgan fingerprint density at radius 2 is 1.47 bits per heavy atom. The third kappa shape index (κ3) is 4.25. The Morgan fingerprint density at radius 1 is 0.844 bits per heavy atom. The summed E-state index contributed by atoms with van der Waals surface area (Å²) >= 11 is 0. The SMILES string of the molecule is Cc1ccc(N2C(=O)C(Nc3ccc(F)cc3)=C(c3ccc(OC(C)C)cc3)C2=O)cc1. The van der Waals surface area contributed by atoms with E-state index in [-0.39, 0.29) is 23.2 Å². The number of benzene rings is 3. The molecule has 0 spiro atoms. The molecule has 0 aliphatic carbocycles. The van der Waals surface area contributed by atoms with Crippen LogP contribution in [0.3, 0.4) is 0 Å². The number of rotatable bonds is 6. The second-order valence-electron chi connectivity index (χ2n) is 7.85. The zero-order chi connectivity index (χ0) is 22.8. The van der Waals surface area contributed by atoms with Crippen molar-refractivity contribution in [2.45, 2.75) is 26.9 Å². The molecular weight excluding hydrogens is 407 g/mol. The summed E-state index contributed by atoms with van der Waals surface area (Å²) < 4.78 is 19.0. The highest BCUT2D eigenvalue weighted by atomic mass is 19.1. The van der Waals surface area contributed by atoms with Gasteiger partial charge in [0.25, 0.3) is 11.8 Å². The fourth-order valence-corrected chi connectivity index (χ4v) is 3.49. The van der Waals surface area contributed by atoms with E-state index in [1.54, 1.807) is 36.4 Å². The molecule has 0 radical (unpaired) electrons. The average molecular weight is 430 g/mol. The van der Waals surface area contributed by atoms with Gasteiger partial charge in [-0.05, 0) is 74.9 Å². The Bertz CT molecular complexity index is 1180. The van der Waals surface area contributed by atoms with E-state index < -0.39 is 11.8 Å². The van der Waals surface area contributed by atoms with Gasteiger partial charge in [-0.25, -0.2) is 9.29 Å². The third-order valence-corrected chi connectivity index (χ3v) is 5.00. The van der Waals surface area contributed by atoms with E-state index in [1.807, 2.05) is 32.9 Å². The van der Waals surface area contributed by atoms with Gasteiger partial charge in [-0.2, -0.15) is 0 Å². The molecule has 1 aliphatic rings. The first-order valence-corrected chi connectivity index (χ1v) is 10.3. The van der Waals surface area contributed by atoms with Crippen LogP contribution in [-0.4, -0.2) is 17.9 Å². The highest BCUT2D eigenvalue weighted by Crippen LogP contribution is 2.34. The third-order valence-electron chi connectivity index (χ3n) is 5.00. The van der Waals surface area contributed by atoms with E-state index in [9.17, 15) is 14.0 Å². The van der Waals surface area contributed by atoms with Crippen molar-refractivity contribution in [1.29, 1.82) is 0 Å². The minimum absolute atomic E-state index is 0.0162. The van der Waals surface area contributed by atoms with Crippen LogP contribution in [0.4, 0.5) is 15.8 Å². The van der Waals surface area contributed by atoms with E-state index in [2.05, 4.69) is 5.32 Å². The van der Waals surface area contributed by atoms with Crippen molar-refractivity contribution in [2.75, 3.05) is 10.2 Å². The summed E-state index contributed by atoms with van der Waals surface area (Å²) in [5, 5.41) is 3.02. The van der Waals surface area contributed by atoms with Crippen molar-refractivity contribution in [3.63, 3.8) is 0 Å². The largest absolute Gasteiger partial charge is 0.491 e. The predicted molar refractivity (Wildman–Crippen MR) is 123 cm³/mol. The minimum Gasteiger partial charge on any atom is -0.491 e. The van der Waals surface area contributed by atoms with Gasteiger partial charge in [0, 0.05) is 5.69 Å². The lowest BCUT2D eigenvalue weighted by molar-refractivity contribution is -0.120. The Morgan fingerprint density at radius 3 is 2.06 bits per heavy atom. The molecule has 3 aromatic carbocycles. The van der Waals surface area contributed by atoms with Gasteiger partial charge in [0.05, 0.1) is 17.4 Å². The summed E-state index contributed by atoms with van der Waals surface area (Å²) in [4.78, 5) is 27.9. The van der Waals surface area contributed by atoms with Crippen LogP contribution < -0.4 is 15.0 Å². The molecule has 1 N–H and O–H groups in total. The number of ether oxygens (including phenoxy) is 1. The average Bonchev–Trinajstić information content (AvgIpc) is 3.00. The summed E-state index contributed by atoms with van der Waals surface area (Å²) in [5.41, 5.74) is 2.98. The second kappa shape index (κ2) is 8.67. The topological polar surface area (TPSA) is 58.6 Å². The molecule has 32 heavy (non-hydrogen) atoms.